The van der Waals surface area contributed by atoms with Gasteiger partial charge in [0.2, 0.25) is 5.91 Å². The quantitative estimate of drug-likeness (QED) is 0.770. The number of carbonyl (C=O) groups is 1. The summed E-state index contributed by atoms with van der Waals surface area (Å²) >= 11 is 0. The van der Waals surface area contributed by atoms with Crippen LogP contribution in [0.5, 0.6) is 0 Å². The average molecular weight is 280 g/mol. The highest BCUT2D eigenvalue weighted by molar-refractivity contribution is 5.93. The van der Waals surface area contributed by atoms with Gasteiger partial charge in [0, 0.05) is 18.6 Å². The van der Waals surface area contributed by atoms with Gasteiger partial charge in [0.15, 0.2) is 0 Å². The largest absolute Gasteiger partial charge is 0.396 e. The summed E-state index contributed by atoms with van der Waals surface area (Å²) in [5.74, 6) is -0.0280. The van der Waals surface area contributed by atoms with Crippen LogP contribution in [0.1, 0.15) is 31.2 Å². The van der Waals surface area contributed by atoms with Gasteiger partial charge in [-0.25, -0.2) is 0 Å². The van der Waals surface area contributed by atoms with Crippen molar-refractivity contribution in [1.82, 2.24) is 15.1 Å². The van der Waals surface area contributed by atoms with Crippen molar-refractivity contribution in [2.75, 3.05) is 31.6 Å². The van der Waals surface area contributed by atoms with Gasteiger partial charge in [0.25, 0.3) is 0 Å². The van der Waals surface area contributed by atoms with Crippen LogP contribution < -0.4 is 5.32 Å². The second kappa shape index (κ2) is 5.93. The first-order valence-corrected chi connectivity index (χ1v) is 7.08. The Bertz CT molecular complexity index is 466. The number of likely N-dealkylation sites (tertiary alicyclic amines) is 1. The van der Waals surface area contributed by atoms with Gasteiger partial charge >= 0.3 is 0 Å². The minimum atomic E-state index is -0.0833. The second-order valence-corrected chi connectivity index (χ2v) is 6.14. The first kappa shape index (κ1) is 15.0. The van der Waals surface area contributed by atoms with E-state index in [0.29, 0.717) is 6.54 Å². The highest BCUT2D eigenvalue weighted by Gasteiger charge is 2.31. The number of nitrogens with zero attached hydrogens (tertiary/aromatic N) is 2. The zero-order chi connectivity index (χ0) is 14.8. The molecule has 112 valence electrons. The van der Waals surface area contributed by atoms with Gasteiger partial charge in [0.1, 0.15) is 0 Å². The van der Waals surface area contributed by atoms with Gasteiger partial charge in [-0.05, 0) is 33.2 Å². The van der Waals surface area contributed by atoms with E-state index in [9.17, 15) is 9.90 Å². The number of aliphatic hydroxyl groups is 1. The van der Waals surface area contributed by atoms with Crippen LogP contribution in [0.3, 0.4) is 0 Å². The van der Waals surface area contributed by atoms with E-state index in [1.165, 1.54) is 0 Å². The lowest BCUT2D eigenvalue weighted by molar-refractivity contribution is -0.118. The summed E-state index contributed by atoms with van der Waals surface area (Å²) in [6.45, 7) is 8.03. The predicted molar refractivity (Wildman–Crippen MR) is 77.6 cm³/mol. The molecular weight excluding hydrogens is 256 g/mol. The average Bonchev–Trinajstić information content (AvgIpc) is 2.71. The van der Waals surface area contributed by atoms with Gasteiger partial charge in [-0.1, -0.05) is 6.92 Å². The zero-order valence-electron chi connectivity index (χ0n) is 12.5. The summed E-state index contributed by atoms with van der Waals surface area (Å²) in [7, 11) is 0. The zero-order valence-corrected chi connectivity index (χ0v) is 12.5. The van der Waals surface area contributed by atoms with Crippen LogP contribution in [-0.2, 0) is 4.79 Å². The first-order valence-electron chi connectivity index (χ1n) is 7.08. The summed E-state index contributed by atoms with van der Waals surface area (Å²) in [5.41, 5.74) is 2.36. The fraction of sp³-hybridized carbons (Fsp3) is 0.714. The summed E-state index contributed by atoms with van der Waals surface area (Å²) < 4.78 is 0. The molecule has 1 unspecified atom stereocenters. The molecule has 0 aromatic carbocycles. The predicted octanol–water partition coefficient (Wildman–Crippen LogP) is 1.06. The molecule has 6 heteroatoms. The number of piperidine rings is 1. The Morgan fingerprint density at radius 2 is 2.30 bits per heavy atom. The van der Waals surface area contributed by atoms with E-state index < -0.39 is 0 Å². The maximum Gasteiger partial charge on any atom is 0.238 e. The van der Waals surface area contributed by atoms with Crippen molar-refractivity contribution in [3.05, 3.63) is 11.4 Å². The number of hydrogen-bond acceptors (Lipinski definition) is 4. The molecule has 6 nitrogen and oxygen atoms in total. The number of aryl methyl sites for hydroxylation is 2. The molecule has 0 radical (unpaired) electrons. The van der Waals surface area contributed by atoms with Gasteiger partial charge in [-0.15, -0.1) is 0 Å². The van der Waals surface area contributed by atoms with E-state index >= 15 is 0 Å². The molecule has 1 saturated heterocycles. The van der Waals surface area contributed by atoms with Crippen molar-refractivity contribution in [3.8, 4) is 0 Å². The SMILES string of the molecule is Cc1n[nH]c(C)c1NC(=O)CN1CCCC(C)(CO)C1. The molecule has 1 aromatic rings. The maximum absolute atomic E-state index is 12.1. The van der Waals surface area contributed by atoms with Crippen molar-refractivity contribution in [2.45, 2.75) is 33.6 Å². The molecule has 3 N–H and O–H groups in total. The normalized spacial score (nSPS) is 23.8. The van der Waals surface area contributed by atoms with Crippen molar-refractivity contribution >= 4 is 11.6 Å². The number of aromatic amines is 1. The number of nitrogens with one attached hydrogen (secondary N) is 2. The summed E-state index contributed by atoms with van der Waals surface area (Å²) in [6.07, 6.45) is 2.04. The molecule has 1 fully saturated rings. The molecule has 1 aromatic heterocycles. The van der Waals surface area contributed by atoms with Crippen LogP contribution in [0.25, 0.3) is 0 Å². The van der Waals surface area contributed by atoms with Crippen molar-refractivity contribution < 1.29 is 9.90 Å². The highest BCUT2D eigenvalue weighted by Crippen LogP contribution is 2.28. The molecule has 2 heterocycles. The Morgan fingerprint density at radius 3 is 2.90 bits per heavy atom. The third kappa shape index (κ3) is 3.37. The lowest BCUT2D eigenvalue weighted by Gasteiger charge is -2.38. The minimum Gasteiger partial charge on any atom is -0.396 e. The Labute approximate surface area is 119 Å². The number of H-pyrrole nitrogens is 1. The molecule has 0 saturated carbocycles. The van der Waals surface area contributed by atoms with Gasteiger partial charge in [-0.2, -0.15) is 5.10 Å². The lowest BCUT2D eigenvalue weighted by Crippen LogP contribution is -2.46. The molecule has 1 aliphatic rings. The molecule has 1 aliphatic heterocycles. The number of hydrogen-bond donors (Lipinski definition) is 3. The monoisotopic (exact) mass is 280 g/mol. The molecule has 0 aliphatic carbocycles. The van der Waals surface area contributed by atoms with Gasteiger partial charge in [-0.3, -0.25) is 14.8 Å². The van der Waals surface area contributed by atoms with Crippen LogP contribution in [0.4, 0.5) is 5.69 Å². The number of anilines is 1. The number of aromatic nitrogens is 2. The molecule has 2 rings (SSSR count). The second-order valence-electron chi connectivity index (χ2n) is 6.14. The van der Waals surface area contributed by atoms with Crippen molar-refractivity contribution in [3.63, 3.8) is 0 Å². The van der Waals surface area contributed by atoms with Gasteiger partial charge < -0.3 is 10.4 Å². The van der Waals surface area contributed by atoms with Gasteiger partial charge in [0.05, 0.1) is 23.6 Å². The first-order chi connectivity index (χ1) is 9.43. The Morgan fingerprint density at radius 1 is 1.55 bits per heavy atom. The van der Waals surface area contributed by atoms with E-state index in [1.807, 2.05) is 13.8 Å². The van der Waals surface area contributed by atoms with E-state index in [2.05, 4.69) is 27.3 Å². The Hall–Kier alpha value is -1.40. The molecule has 1 amide bonds. The Kier molecular flexibility index (Phi) is 4.45. The van der Waals surface area contributed by atoms with Crippen molar-refractivity contribution in [1.29, 1.82) is 0 Å². The smallest absolute Gasteiger partial charge is 0.238 e. The van der Waals surface area contributed by atoms with Crippen LogP contribution in [0.2, 0.25) is 0 Å². The van der Waals surface area contributed by atoms with Crippen LogP contribution in [-0.4, -0.2) is 52.4 Å². The highest BCUT2D eigenvalue weighted by atomic mass is 16.3. The summed E-state index contributed by atoms with van der Waals surface area (Å²) in [4.78, 5) is 14.2. The summed E-state index contributed by atoms with van der Waals surface area (Å²) in [6, 6.07) is 0. The third-order valence-electron chi connectivity index (χ3n) is 4.00. The fourth-order valence-electron chi connectivity index (χ4n) is 2.81. The fourth-order valence-corrected chi connectivity index (χ4v) is 2.81. The molecule has 20 heavy (non-hydrogen) atoms. The third-order valence-corrected chi connectivity index (χ3v) is 4.00. The van der Waals surface area contributed by atoms with Crippen molar-refractivity contribution in [2.24, 2.45) is 5.41 Å². The number of rotatable bonds is 4. The molecule has 1 atom stereocenters. The number of aliphatic hydroxyl groups excluding tert-OH is 1. The molecule has 0 spiro atoms. The van der Waals surface area contributed by atoms with E-state index in [0.717, 1.165) is 43.0 Å². The maximum atomic E-state index is 12.1. The van der Waals surface area contributed by atoms with E-state index in [4.69, 9.17) is 0 Å². The van der Waals surface area contributed by atoms with Crippen LogP contribution >= 0.6 is 0 Å². The number of carbonyl (C=O) groups excluding carboxylic acids is 1. The molecular formula is C14H24N4O2. The topological polar surface area (TPSA) is 81.2 Å². The summed E-state index contributed by atoms with van der Waals surface area (Å²) in [5, 5.41) is 19.3. The minimum absolute atomic E-state index is 0.0280. The van der Waals surface area contributed by atoms with Crippen LogP contribution in [0.15, 0.2) is 0 Å². The van der Waals surface area contributed by atoms with E-state index in [1.54, 1.807) is 0 Å². The van der Waals surface area contributed by atoms with Crippen LogP contribution in [0, 0.1) is 19.3 Å². The number of amides is 1. The van der Waals surface area contributed by atoms with E-state index in [-0.39, 0.29) is 17.9 Å². The lowest BCUT2D eigenvalue weighted by atomic mass is 9.83. The molecule has 0 bridgehead atoms. The standard InChI is InChI=1S/C14H24N4O2/c1-10-13(11(2)17-16-10)15-12(20)7-18-6-4-5-14(3,8-18)9-19/h19H,4-9H2,1-3H3,(H,15,20)(H,16,17). The Balaban J connectivity index is 1.92.